The summed E-state index contributed by atoms with van der Waals surface area (Å²) in [6.45, 7) is 3.84. The smallest absolute Gasteiger partial charge is 0.523 e. The van der Waals surface area contributed by atoms with Gasteiger partial charge in [0.25, 0.3) is 0 Å². The van der Waals surface area contributed by atoms with Gasteiger partial charge in [-0.25, -0.2) is 0 Å². The maximum Gasteiger partial charge on any atom is 0.601 e. The van der Waals surface area contributed by atoms with Crippen LogP contribution in [0.25, 0.3) is 0 Å². The lowest BCUT2D eigenvalue weighted by Crippen LogP contribution is -2.37. The summed E-state index contributed by atoms with van der Waals surface area (Å²) in [7, 11) is 1.28. The summed E-state index contributed by atoms with van der Waals surface area (Å²) in [5, 5.41) is 0. The number of benzene rings is 1. The Balaban J connectivity index is 1.39. The molecule has 2 saturated heterocycles. The van der Waals surface area contributed by atoms with E-state index in [1.807, 2.05) is 38.1 Å². The van der Waals surface area contributed by atoms with Gasteiger partial charge in [-0.2, -0.15) is 0 Å². The number of rotatable bonds is 2. The van der Waals surface area contributed by atoms with Gasteiger partial charge >= 0.3 is 7.12 Å². The van der Waals surface area contributed by atoms with E-state index in [1.165, 1.54) is 0 Å². The normalized spacial score (nSPS) is 42.3. The summed E-state index contributed by atoms with van der Waals surface area (Å²) in [6.07, 6.45) is 0.00857. The van der Waals surface area contributed by atoms with Gasteiger partial charge in [0.05, 0.1) is 5.82 Å². The largest absolute Gasteiger partial charge is 0.601 e. The molecule has 5 atom stereocenters. The van der Waals surface area contributed by atoms with Crippen LogP contribution in [0.3, 0.4) is 0 Å². The van der Waals surface area contributed by atoms with Crippen LogP contribution in [0.1, 0.15) is 20.3 Å². The number of hydrogen-bond acceptors (Lipinski definition) is 6. The van der Waals surface area contributed by atoms with E-state index < -0.39 is 17.7 Å². The van der Waals surface area contributed by atoms with Crippen LogP contribution in [0.2, 0.25) is 5.82 Å². The molecular weight excluding hydrogens is 299 g/mol. The third-order valence-corrected chi connectivity index (χ3v) is 5.12. The number of ether oxygens (including phenoxy) is 4. The molecule has 0 bridgehead atoms. The van der Waals surface area contributed by atoms with Crippen LogP contribution in [0, 0.1) is 0 Å². The van der Waals surface area contributed by atoms with Crippen molar-refractivity contribution in [1.82, 2.24) is 0 Å². The van der Waals surface area contributed by atoms with Crippen molar-refractivity contribution in [3.05, 3.63) is 24.3 Å². The summed E-state index contributed by atoms with van der Waals surface area (Å²) in [4.78, 5) is 0. The molecule has 122 valence electrons. The molecule has 1 aromatic rings. The summed E-state index contributed by atoms with van der Waals surface area (Å²) in [5.41, 5.74) is -0.453. The topological polar surface area (TPSA) is 55.4 Å². The highest BCUT2D eigenvalue weighted by atomic mass is 16.8. The van der Waals surface area contributed by atoms with Crippen LogP contribution in [0.15, 0.2) is 24.3 Å². The van der Waals surface area contributed by atoms with Gasteiger partial charge in [-0.3, -0.25) is 0 Å². The van der Waals surface area contributed by atoms with E-state index in [0.29, 0.717) is 0 Å². The fourth-order valence-corrected chi connectivity index (χ4v) is 4.06. The van der Waals surface area contributed by atoms with Crippen molar-refractivity contribution < 1.29 is 28.3 Å². The van der Waals surface area contributed by atoms with Gasteiger partial charge in [0.1, 0.15) is 29.3 Å². The minimum atomic E-state index is -0.629. The fourth-order valence-electron chi connectivity index (χ4n) is 4.06. The standard InChI is InChI=1S/C16H19BO6/c1-15(2)19-12-13(20-15)16(21-14(12)18-3)8-11(16)17-22-9-6-4-5-7-10(9)23-17/h4-7,11-14H,8H2,1-3H3/t11-,12+,13?,14-,16-/m1/s1. The quantitative estimate of drug-likeness (QED) is 0.777. The first kappa shape index (κ1) is 14.1. The summed E-state index contributed by atoms with van der Waals surface area (Å²) in [6, 6.07) is 7.71. The highest BCUT2D eigenvalue weighted by Gasteiger charge is 2.78. The molecule has 1 aromatic carbocycles. The summed E-state index contributed by atoms with van der Waals surface area (Å²) >= 11 is 0. The Kier molecular flexibility index (Phi) is 2.71. The first-order valence-corrected chi connectivity index (χ1v) is 8.01. The van der Waals surface area contributed by atoms with Crippen molar-refractivity contribution >= 4 is 7.12 Å². The lowest BCUT2D eigenvalue weighted by atomic mass is 9.79. The van der Waals surface area contributed by atoms with Crippen molar-refractivity contribution in [3.63, 3.8) is 0 Å². The lowest BCUT2D eigenvalue weighted by molar-refractivity contribution is -0.232. The minimum absolute atomic E-state index is 0.0973. The van der Waals surface area contributed by atoms with Crippen molar-refractivity contribution in [2.75, 3.05) is 7.11 Å². The maximum absolute atomic E-state index is 6.16. The lowest BCUT2D eigenvalue weighted by Gasteiger charge is -2.24. The third-order valence-electron chi connectivity index (χ3n) is 5.12. The molecular formula is C16H19BO6. The Labute approximate surface area is 135 Å². The average Bonchev–Trinajstić information content (AvgIpc) is 2.80. The van der Waals surface area contributed by atoms with E-state index in [9.17, 15) is 0 Å². The van der Waals surface area contributed by atoms with E-state index in [-0.39, 0.29) is 25.1 Å². The van der Waals surface area contributed by atoms with Gasteiger partial charge in [-0.15, -0.1) is 0 Å². The molecule has 4 aliphatic rings. The van der Waals surface area contributed by atoms with E-state index in [1.54, 1.807) is 7.11 Å². The van der Waals surface area contributed by atoms with Crippen molar-refractivity contribution in [2.45, 2.75) is 56.0 Å². The van der Waals surface area contributed by atoms with Gasteiger partial charge < -0.3 is 28.3 Å². The van der Waals surface area contributed by atoms with Gasteiger partial charge in [0, 0.05) is 7.11 Å². The zero-order valence-electron chi connectivity index (χ0n) is 13.4. The van der Waals surface area contributed by atoms with E-state index in [0.717, 1.165) is 17.9 Å². The molecule has 0 amide bonds. The van der Waals surface area contributed by atoms with Crippen molar-refractivity contribution in [2.24, 2.45) is 0 Å². The second-order valence-corrected chi connectivity index (χ2v) is 7.06. The minimum Gasteiger partial charge on any atom is -0.523 e. The van der Waals surface area contributed by atoms with E-state index in [2.05, 4.69) is 0 Å². The van der Waals surface area contributed by atoms with Gasteiger partial charge in [-0.1, -0.05) is 12.1 Å². The molecule has 3 aliphatic heterocycles. The zero-order chi connectivity index (χ0) is 15.8. The molecule has 1 saturated carbocycles. The molecule has 3 heterocycles. The first-order valence-electron chi connectivity index (χ1n) is 8.01. The SMILES string of the molecule is CO[C@@H]1O[C@@]2(C[C@H]2B2Oc3ccccc3O2)C2OC(C)(C)O[C@@H]21. The molecule has 1 spiro atoms. The molecule has 7 heteroatoms. The zero-order valence-corrected chi connectivity index (χ0v) is 13.4. The predicted molar refractivity (Wildman–Crippen MR) is 80.3 cm³/mol. The van der Waals surface area contributed by atoms with Crippen LogP contribution in [0.4, 0.5) is 0 Å². The highest BCUT2D eigenvalue weighted by molar-refractivity contribution is 6.51. The monoisotopic (exact) mass is 318 g/mol. The fraction of sp³-hybridized carbons (Fsp3) is 0.625. The second kappa shape index (κ2) is 4.42. The Morgan fingerprint density at radius 1 is 1.09 bits per heavy atom. The number of fused-ring (bicyclic) bond motifs is 3. The molecule has 1 aliphatic carbocycles. The van der Waals surface area contributed by atoms with Gasteiger partial charge in [0.2, 0.25) is 0 Å². The first-order chi connectivity index (χ1) is 11.0. The van der Waals surface area contributed by atoms with Gasteiger partial charge in [0.15, 0.2) is 12.1 Å². The molecule has 23 heavy (non-hydrogen) atoms. The van der Waals surface area contributed by atoms with Crippen LogP contribution in [-0.4, -0.2) is 44.1 Å². The Hall–Kier alpha value is -1.28. The third kappa shape index (κ3) is 1.91. The molecule has 0 N–H and O–H groups in total. The number of para-hydroxylation sites is 2. The predicted octanol–water partition coefficient (Wildman–Crippen LogP) is 1.98. The Morgan fingerprint density at radius 2 is 1.78 bits per heavy atom. The summed E-state index contributed by atoms with van der Waals surface area (Å²) < 4.78 is 35.6. The second-order valence-electron chi connectivity index (χ2n) is 7.06. The van der Waals surface area contributed by atoms with E-state index >= 15 is 0 Å². The van der Waals surface area contributed by atoms with Crippen molar-refractivity contribution in [3.8, 4) is 11.5 Å². The van der Waals surface area contributed by atoms with Crippen LogP contribution in [0.5, 0.6) is 11.5 Å². The molecule has 1 unspecified atom stereocenters. The Bertz CT molecular complexity index is 626. The molecule has 0 aromatic heterocycles. The van der Waals surface area contributed by atoms with Crippen molar-refractivity contribution in [1.29, 1.82) is 0 Å². The molecule has 0 radical (unpaired) electrons. The van der Waals surface area contributed by atoms with Crippen LogP contribution >= 0.6 is 0 Å². The summed E-state index contributed by atoms with van der Waals surface area (Å²) in [5.74, 6) is 1.03. The average molecular weight is 318 g/mol. The number of methoxy groups -OCH3 is 1. The maximum atomic E-state index is 6.16. The van der Waals surface area contributed by atoms with Crippen LogP contribution < -0.4 is 9.31 Å². The van der Waals surface area contributed by atoms with Gasteiger partial charge in [-0.05, 0) is 32.4 Å². The van der Waals surface area contributed by atoms with Crippen LogP contribution in [-0.2, 0) is 18.9 Å². The Morgan fingerprint density at radius 3 is 2.43 bits per heavy atom. The van der Waals surface area contributed by atoms with E-state index in [4.69, 9.17) is 28.3 Å². The highest BCUT2D eigenvalue weighted by Crippen LogP contribution is 2.65. The number of hydrogen-bond donors (Lipinski definition) is 0. The molecule has 6 nitrogen and oxygen atoms in total. The molecule has 3 fully saturated rings. The molecule has 5 rings (SSSR count).